The van der Waals surface area contributed by atoms with E-state index in [9.17, 15) is 0 Å². The fourth-order valence-electron chi connectivity index (χ4n) is 12.2. The lowest BCUT2D eigenvalue weighted by Gasteiger charge is -2.36. The third kappa shape index (κ3) is 5.67. The maximum Gasteiger partial charge on any atom is 0.0555 e. The lowest BCUT2D eigenvalue weighted by atomic mass is 9.66. The molecule has 13 rings (SSSR count). The van der Waals surface area contributed by atoms with Gasteiger partial charge in [-0.2, -0.15) is 0 Å². The number of thiophene rings is 1. The molecule has 1 aromatic heterocycles. The van der Waals surface area contributed by atoms with Crippen LogP contribution >= 0.6 is 11.3 Å². The fourth-order valence-corrected chi connectivity index (χ4v) is 13.3. The second kappa shape index (κ2) is 14.5. The van der Waals surface area contributed by atoms with Crippen molar-refractivity contribution < 1.29 is 0 Å². The summed E-state index contributed by atoms with van der Waals surface area (Å²) in [7, 11) is 0. The van der Waals surface area contributed by atoms with Crippen LogP contribution in [-0.4, -0.2) is 0 Å². The highest BCUT2D eigenvalue weighted by atomic mass is 32.1. The molecule has 1 heterocycles. The number of hydrogen-bond donors (Lipinski definition) is 0. The molecule has 2 saturated carbocycles. The summed E-state index contributed by atoms with van der Waals surface area (Å²) >= 11 is 1.87. The first-order chi connectivity index (χ1) is 31.2. The summed E-state index contributed by atoms with van der Waals surface area (Å²) in [6.07, 6.45) is 5.42. The quantitative estimate of drug-likeness (QED) is 0.155. The van der Waals surface area contributed by atoms with Gasteiger partial charge >= 0.3 is 0 Å². The molecule has 300 valence electrons. The first-order valence-corrected chi connectivity index (χ1v) is 23.4. The van der Waals surface area contributed by atoms with E-state index in [1.807, 2.05) is 11.3 Å². The van der Waals surface area contributed by atoms with Crippen molar-refractivity contribution >= 4 is 48.6 Å². The molecule has 0 radical (unpaired) electrons. The molecule has 2 bridgehead atoms. The van der Waals surface area contributed by atoms with Crippen LogP contribution in [-0.2, 0) is 5.41 Å². The number of rotatable bonds is 7. The number of hydrogen-bond acceptors (Lipinski definition) is 2. The zero-order chi connectivity index (χ0) is 41.5. The van der Waals surface area contributed by atoms with Crippen LogP contribution in [0.4, 0.5) is 17.1 Å². The average molecular weight is 824 g/mol. The molecule has 3 aliphatic carbocycles. The van der Waals surface area contributed by atoms with Crippen molar-refractivity contribution in [2.45, 2.75) is 31.1 Å². The van der Waals surface area contributed by atoms with Crippen molar-refractivity contribution in [1.29, 1.82) is 0 Å². The smallest absolute Gasteiger partial charge is 0.0555 e. The van der Waals surface area contributed by atoms with Gasteiger partial charge in [0.05, 0.1) is 11.4 Å². The highest BCUT2D eigenvalue weighted by molar-refractivity contribution is 7.26. The molecule has 2 fully saturated rings. The van der Waals surface area contributed by atoms with Gasteiger partial charge in [0.2, 0.25) is 0 Å². The van der Waals surface area contributed by atoms with Gasteiger partial charge in [0.1, 0.15) is 0 Å². The summed E-state index contributed by atoms with van der Waals surface area (Å²) in [4.78, 5) is 2.52. The number of nitrogens with zero attached hydrogens (tertiary/aromatic N) is 1. The number of para-hydroxylation sites is 1. The molecule has 1 nitrogen and oxygen atoms in total. The van der Waals surface area contributed by atoms with E-state index in [1.165, 1.54) is 107 Å². The summed E-state index contributed by atoms with van der Waals surface area (Å²) in [6, 6.07) is 79.4. The summed E-state index contributed by atoms with van der Waals surface area (Å²) in [6.45, 7) is 0. The third-order valence-electron chi connectivity index (χ3n) is 14.8. The molecule has 3 aliphatic rings. The van der Waals surface area contributed by atoms with Crippen LogP contribution < -0.4 is 4.90 Å². The Kier molecular flexibility index (Phi) is 8.46. The first kappa shape index (κ1) is 36.6. The Morgan fingerprint density at radius 2 is 1.02 bits per heavy atom. The Labute approximate surface area is 373 Å². The SMILES string of the molecule is c1ccc(-c2ccccc2-c2ccccc2-c2ccccc2N(c2ccc(-c3ccc4c(c3)C3(CC5CCC3C5)c3ccccc3-4)cc2)c2cccc3sc4ccccc4c23)cc1. The molecular formula is C61H45NS. The van der Waals surface area contributed by atoms with Crippen molar-refractivity contribution in [3.63, 3.8) is 0 Å². The van der Waals surface area contributed by atoms with E-state index in [0.29, 0.717) is 0 Å². The summed E-state index contributed by atoms with van der Waals surface area (Å²) in [5, 5.41) is 2.58. The van der Waals surface area contributed by atoms with E-state index >= 15 is 0 Å². The minimum Gasteiger partial charge on any atom is -0.309 e. The van der Waals surface area contributed by atoms with Crippen LogP contribution in [0.5, 0.6) is 0 Å². The van der Waals surface area contributed by atoms with Gasteiger partial charge in [0.15, 0.2) is 0 Å². The predicted molar refractivity (Wildman–Crippen MR) is 267 cm³/mol. The Morgan fingerprint density at radius 1 is 0.413 bits per heavy atom. The molecule has 9 aromatic carbocycles. The highest BCUT2D eigenvalue weighted by Crippen LogP contribution is 2.66. The first-order valence-electron chi connectivity index (χ1n) is 22.6. The van der Waals surface area contributed by atoms with Gasteiger partial charge in [-0.15, -0.1) is 11.3 Å². The largest absolute Gasteiger partial charge is 0.309 e. The van der Waals surface area contributed by atoms with Gasteiger partial charge < -0.3 is 4.90 Å². The molecule has 3 atom stereocenters. The number of benzene rings is 9. The normalized spacial score (nSPS) is 18.3. The Hall–Kier alpha value is -7.00. The van der Waals surface area contributed by atoms with E-state index in [2.05, 4.69) is 217 Å². The van der Waals surface area contributed by atoms with Gasteiger partial charge in [-0.1, -0.05) is 176 Å². The van der Waals surface area contributed by atoms with Crippen molar-refractivity contribution in [1.82, 2.24) is 0 Å². The van der Waals surface area contributed by atoms with Crippen LogP contribution in [0.15, 0.2) is 212 Å². The van der Waals surface area contributed by atoms with Crippen molar-refractivity contribution in [3.05, 3.63) is 223 Å². The van der Waals surface area contributed by atoms with Gasteiger partial charge in [0.25, 0.3) is 0 Å². The zero-order valence-corrected chi connectivity index (χ0v) is 35.9. The predicted octanol–water partition coefficient (Wildman–Crippen LogP) is 17.3. The number of fused-ring (bicyclic) bond motifs is 11. The number of anilines is 3. The minimum atomic E-state index is 0.158. The molecule has 0 N–H and O–H groups in total. The van der Waals surface area contributed by atoms with Gasteiger partial charge in [-0.05, 0) is 135 Å². The molecule has 3 unspecified atom stereocenters. The van der Waals surface area contributed by atoms with E-state index < -0.39 is 0 Å². The average Bonchev–Trinajstić information content (AvgIpc) is 4.14. The molecule has 0 amide bonds. The summed E-state index contributed by atoms with van der Waals surface area (Å²) in [5.74, 6) is 1.59. The van der Waals surface area contributed by atoms with Gasteiger partial charge in [0, 0.05) is 36.8 Å². The topological polar surface area (TPSA) is 3.24 Å². The maximum atomic E-state index is 2.57. The molecule has 0 saturated heterocycles. The van der Waals surface area contributed by atoms with Gasteiger partial charge in [-0.3, -0.25) is 0 Å². The van der Waals surface area contributed by atoms with Crippen LogP contribution in [0.1, 0.15) is 36.8 Å². The molecule has 2 heteroatoms. The minimum absolute atomic E-state index is 0.158. The lowest BCUT2D eigenvalue weighted by Crippen LogP contribution is -2.31. The molecule has 10 aromatic rings. The van der Waals surface area contributed by atoms with Crippen LogP contribution in [0.2, 0.25) is 0 Å². The monoisotopic (exact) mass is 823 g/mol. The Morgan fingerprint density at radius 3 is 1.79 bits per heavy atom. The summed E-state index contributed by atoms with van der Waals surface area (Å²) in [5.41, 5.74) is 19.5. The molecule has 0 aliphatic heterocycles. The van der Waals surface area contributed by atoms with Crippen LogP contribution in [0.25, 0.3) is 75.8 Å². The third-order valence-corrected chi connectivity index (χ3v) is 15.9. The lowest BCUT2D eigenvalue weighted by molar-refractivity contribution is 0.327. The van der Waals surface area contributed by atoms with E-state index in [4.69, 9.17) is 0 Å². The zero-order valence-electron chi connectivity index (χ0n) is 35.0. The Balaban J connectivity index is 0.977. The van der Waals surface area contributed by atoms with Crippen LogP contribution in [0, 0.1) is 11.8 Å². The van der Waals surface area contributed by atoms with Crippen molar-refractivity contribution in [2.75, 3.05) is 4.90 Å². The van der Waals surface area contributed by atoms with Crippen molar-refractivity contribution in [3.8, 4) is 55.6 Å². The fraction of sp³-hybridized carbons (Fsp3) is 0.115. The molecular weight excluding hydrogens is 779 g/mol. The van der Waals surface area contributed by atoms with Crippen molar-refractivity contribution in [2.24, 2.45) is 11.8 Å². The maximum absolute atomic E-state index is 2.57. The highest BCUT2D eigenvalue weighted by Gasteiger charge is 2.56. The standard InChI is InChI=1S/C61H45NS/c1-2-15-42(16-3-1)46-17-4-5-18-47(46)48-19-6-7-20-49(48)52-22-9-12-25-56(52)62(57-26-14-28-59-60(57)53-23-10-13-27-58(53)63-59)45-34-30-41(31-35-45)43-32-36-51-50-21-8-11-24-54(50)61(55(51)38-43)39-40-29-33-44(61)37-40/h1-28,30-32,34-36,38,40,44H,29,33,37,39H2. The van der Waals surface area contributed by atoms with Crippen LogP contribution in [0.3, 0.4) is 0 Å². The second-order valence-electron chi connectivity index (χ2n) is 18.0. The molecule has 63 heavy (non-hydrogen) atoms. The Bertz CT molecular complexity index is 3380. The summed E-state index contributed by atoms with van der Waals surface area (Å²) < 4.78 is 2.59. The van der Waals surface area contributed by atoms with E-state index in [1.54, 1.807) is 11.1 Å². The van der Waals surface area contributed by atoms with E-state index in [-0.39, 0.29) is 5.41 Å². The van der Waals surface area contributed by atoms with E-state index in [0.717, 1.165) is 23.2 Å². The second-order valence-corrected chi connectivity index (χ2v) is 19.0. The van der Waals surface area contributed by atoms with Gasteiger partial charge in [-0.25, -0.2) is 0 Å². The molecule has 1 spiro atoms.